The number of aryl methyl sites for hydroxylation is 1. The van der Waals surface area contributed by atoms with Gasteiger partial charge in [0.2, 0.25) is 0 Å². The number of thioether (sulfide) groups is 1. The summed E-state index contributed by atoms with van der Waals surface area (Å²) in [5.74, 6) is 1.00. The summed E-state index contributed by atoms with van der Waals surface area (Å²) in [4.78, 5) is 0. The number of hydrogen-bond acceptors (Lipinski definition) is 2. The fourth-order valence-corrected chi connectivity index (χ4v) is 3.00. The van der Waals surface area contributed by atoms with Crippen LogP contribution in [0.3, 0.4) is 0 Å². The second kappa shape index (κ2) is 5.19. The van der Waals surface area contributed by atoms with Crippen LogP contribution in [0.4, 0.5) is 4.39 Å². The summed E-state index contributed by atoms with van der Waals surface area (Å²) < 4.78 is 13.0. The van der Waals surface area contributed by atoms with Crippen LogP contribution in [0.15, 0.2) is 18.2 Å². The van der Waals surface area contributed by atoms with Crippen molar-refractivity contribution in [3.05, 3.63) is 35.1 Å². The average molecular weight is 239 g/mol. The van der Waals surface area contributed by atoms with Crippen LogP contribution in [0.5, 0.6) is 0 Å². The van der Waals surface area contributed by atoms with Crippen molar-refractivity contribution >= 4 is 11.8 Å². The number of rotatable bonds is 4. The van der Waals surface area contributed by atoms with Crippen LogP contribution in [-0.2, 0) is 6.42 Å². The van der Waals surface area contributed by atoms with E-state index in [0.29, 0.717) is 12.1 Å². The Balaban J connectivity index is 2.06. The van der Waals surface area contributed by atoms with Gasteiger partial charge in [-0.2, -0.15) is 11.8 Å². The largest absolute Gasteiger partial charge is 0.307 e. The number of fused-ring (bicyclic) bond motifs is 1. The van der Waals surface area contributed by atoms with Gasteiger partial charge in [-0.25, -0.2) is 4.39 Å². The van der Waals surface area contributed by atoms with Crippen molar-refractivity contribution in [2.24, 2.45) is 0 Å². The summed E-state index contributed by atoms with van der Waals surface area (Å²) in [7, 11) is 0. The fraction of sp³-hybridized carbons (Fsp3) is 0.538. The Morgan fingerprint density at radius 3 is 3.12 bits per heavy atom. The minimum atomic E-state index is -0.114. The van der Waals surface area contributed by atoms with E-state index in [9.17, 15) is 4.39 Å². The highest BCUT2D eigenvalue weighted by atomic mass is 32.2. The summed E-state index contributed by atoms with van der Waals surface area (Å²) in [6.45, 7) is 2.21. The molecule has 0 fully saturated rings. The second-order valence-corrected chi connectivity index (χ2v) is 5.37. The molecule has 3 heteroatoms. The van der Waals surface area contributed by atoms with Crippen molar-refractivity contribution in [2.75, 3.05) is 12.0 Å². The molecule has 0 aliphatic heterocycles. The first-order chi connectivity index (χ1) is 7.70. The number of nitrogens with one attached hydrogen (secondary N) is 1. The molecule has 1 nitrogen and oxygen atoms in total. The number of hydrogen-bond donors (Lipinski definition) is 1. The normalized spacial score (nSPS) is 20.8. The van der Waals surface area contributed by atoms with E-state index in [4.69, 9.17) is 0 Å². The Labute approximate surface area is 101 Å². The van der Waals surface area contributed by atoms with E-state index in [-0.39, 0.29) is 5.82 Å². The maximum atomic E-state index is 13.0. The quantitative estimate of drug-likeness (QED) is 0.866. The molecule has 0 bridgehead atoms. The third-order valence-electron chi connectivity index (χ3n) is 3.09. The molecule has 1 N–H and O–H groups in total. The zero-order valence-corrected chi connectivity index (χ0v) is 10.6. The van der Waals surface area contributed by atoms with E-state index in [1.807, 2.05) is 17.8 Å². The summed E-state index contributed by atoms with van der Waals surface area (Å²) in [5, 5.41) is 3.61. The van der Waals surface area contributed by atoms with Gasteiger partial charge >= 0.3 is 0 Å². The maximum Gasteiger partial charge on any atom is 0.123 e. The lowest BCUT2D eigenvalue weighted by Crippen LogP contribution is -2.31. The fourth-order valence-electron chi connectivity index (χ4n) is 2.40. The topological polar surface area (TPSA) is 12.0 Å². The van der Waals surface area contributed by atoms with Gasteiger partial charge in [-0.15, -0.1) is 0 Å². The van der Waals surface area contributed by atoms with Crippen LogP contribution in [-0.4, -0.2) is 18.1 Å². The summed E-state index contributed by atoms with van der Waals surface area (Å²) in [6, 6.07) is 6.10. The molecule has 0 saturated carbocycles. The lowest BCUT2D eigenvalue weighted by Gasteiger charge is -2.19. The smallest absolute Gasteiger partial charge is 0.123 e. The van der Waals surface area contributed by atoms with Crippen LogP contribution in [0.2, 0.25) is 0 Å². The zero-order valence-electron chi connectivity index (χ0n) is 9.79. The van der Waals surface area contributed by atoms with Gasteiger partial charge in [-0.3, -0.25) is 0 Å². The van der Waals surface area contributed by atoms with Crippen molar-refractivity contribution in [3.8, 4) is 0 Å². The molecular weight excluding hydrogens is 221 g/mol. The monoisotopic (exact) mass is 239 g/mol. The Bertz CT molecular complexity index is 367. The van der Waals surface area contributed by atoms with Gasteiger partial charge in [0.15, 0.2) is 0 Å². The van der Waals surface area contributed by atoms with Crippen LogP contribution in [0, 0.1) is 5.82 Å². The Morgan fingerprint density at radius 2 is 2.38 bits per heavy atom. The standard InChI is InChI=1S/C13H18FNS/c1-9(8-16-2)15-13-6-3-10-7-11(14)4-5-12(10)13/h4-5,7,9,13,15H,3,6,8H2,1-2H3. The minimum absolute atomic E-state index is 0.114. The molecule has 88 valence electrons. The van der Waals surface area contributed by atoms with Crippen LogP contribution in [0.25, 0.3) is 0 Å². The number of halogens is 1. The van der Waals surface area contributed by atoms with Crippen molar-refractivity contribution < 1.29 is 4.39 Å². The van der Waals surface area contributed by atoms with Crippen LogP contribution < -0.4 is 5.32 Å². The van der Waals surface area contributed by atoms with Gasteiger partial charge in [0.1, 0.15) is 5.82 Å². The first-order valence-corrected chi connectivity index (χ1v) is 7.13. The molecule has 0 spiro atoms. The second-order valence-electron chi connectivity index (χ2n) is 4.46. The third kappa shape index (κ3) is 2.58. The van der Waals surface area contributed by atoms with Crippen LogP contribution in [0.1, 0.15) is 30.5 Å². The Kier molecular flexibility index (Phi) is 3.87. The highest BCUT2D eigenvalue weighted by Gasteiger charge is 2.23. The molecule has 0 amide bonds. The molecule has 16 heavy (non-hydrogen) atoms. The first-order valence-electron chi connectivity index (χ1n) is 5.74. The predicted molar refractivity (Wildman–Crippen MR) is 68.4 cm³/mol. The molecule has 2 rings (SSSR count). The van der Waals surface area contributed by atoms with Gasteiger partial charge in [-0.1, -0.05) is 6.07 Å². The van der Waals surface area contributed by atoms with E-state index in [1.165, 1.54) is 11.1 Å². The number of benzene rings is 1. The highest BCUT2D eigenvalue weighted by Crippen LogP contribution is 2.31. The molecule has 0 saturated heterocycles. The summed E-state index contributed by atoms with van der Waals surface area (Å²) in [5.41, 5.74) is 2.46. The average Bonchev–Trinajstić information content (AvgIpc) is 2.61. The van der Waals surface area contributed by atoms with Crippen LogP contribution >= 0.6 is 11.8 Å². The van der Waals surface area contributed by atoms with Crippen molar-refractivity contribution in [3.63, 3.8) is 0 Å². The molecule has 0 heterocycles. The molecular formula is C13H18FNS. The Morgan fingerprint density at radius 1 is 1.56 bits per heavy atom. The SMILES string of the molecule is CSCC(C)NC1CCc2cc(F)ccc21. The predicted octanol–water partition coefficient (Wildman–Crippen LogP) is 3.15. The van der Waals surface area contributed by atoms with E-state index < -0.39 is 0 Å². The van der Waals surface area contributed by atoms with Crippen molar-refractivity contribution in [1.82, 2.24) is 5.32 Å². The van der Waals surface area contributed by atoms with Crippen molar-refractivity contribution in [2.45, 2.75) is 31.8 Å². The Hall–Kier alpha value is -0.540. The highest BCUT2D eigenvalue weighted by molar-refractivity contribution is 7.98. The van der Waals surface area contributed by atoms with E-state index in [2.05, 4.69) is 18.5 Å². The lowest BCUT2D eigenvalue weighted by atomic mass is 10.1. The molecule has 0 radical (unpaired) electrons. The molecule has 2 unspecified atom stereocenters. The molecule has 1 aromatic rings. The van der Waals surface area contributed by atoms with E-state index in [0.717, 1.165) is 18.6 Å². The van der Waals surface area contributed by atoms with Gasteiger partial charge < -0.3 is 5.32 Å². The zero-order chi connectivity index (χ0) is 11.5. The molecule has 1 aliphatic rings. The minimum Gasteiger partial charge on any atom is -0.307 e. The maximum absolute atomic E-state index is 13.0. The van der Waals surface area contributed by atoms with E-state index >= 15 is 0 Å². The van der Waals surface area contributed by atoms with Gasteiger partial charge in [-0.05, 0) is 49.3 Å². The van der Waals surface area contributed by atoms with Gasteiger partial charge in [0, 0.05) is 17.8 Å². The van der Waals surface area contributed by atoms with E-state index in [1.54, 1.807) is 12.1 Å². The lowest BCUT2D eigenvalue weighted by molar-refractivity contribution is 0.479. The van der Waals surface area contributed by atoms with Gasteiger partial charge in [0.05, 0.1) is 0 Å². The van der Waals surface area contributed by atoms with Crippen molar-refractivity contribution in [1.29, 1.82) is 0 Å². The molecule has 0 aromatic heterocycles. The molecule has 1 aliphatic carbocycles. The first kappa shape index (κ1) is 11.9. The summed E-state index contributed by atoms with van der Waals surface area (Å²) >= 11 is 1.85. The summed E-state index contributed by atoms with van der Waals surface area (Å²) in [6.07, 6.45) is 4.21. The van der Waals surface area contributed by atoms with Gasteiger partial charge in [0.25, 0.3) is 0 Å². The third-order valence-corrected chi connectivity index (χ3v) is 3.92. The molecule has 1 aromatic carbocycles. The molecule has 2 atom stereocenters.